The number of ketones is 1. The molecule has 2 aromatic rings. The number of amides is 1. The number of nitrogens with zero attached hydrogens (tertiary/aromatic N) is 1. The number of Topliss-reactive ketones (excluding diaryl/α,β-unsaturated/α-hetero) is 1. The summed E-state index contributed by atoms with van der Waals surface area (Å²) in [5.41, 5.74) is 1.82. The Kier molecular flexibility index (Phi) is 5.49. The van der Waals surface area contributed by atoms with Crippen molar-refractivity contribution in [2.24, 2.45) is 5.92 Å². The largest absolute Gasteiger partial charge is 0.508 e. The van der Waals surface area contributed by atoms with Crippen LogP contribution in [0.25, 0.3) is 0 Å². The summed E-state index contributed by atoms with van der Waals surface area (Å²) in [6.45, 7) is 1.20. The van der Waals surface area contributed by atoms with E-state index in [2.05, 4.69) is 0 Å². The first-order chi connectivity index (χ1) is 12.1. The van der Waals surface area contributed by atoms with Crippen LogP contribution < -0.4 is 0 Å². The van der Waals surface area contributed by atoms with Crippen molar-refractivity contribution in [1.82, 2.24) is 4.90 Å². The molecule has 0 unspecified atom stereocenters. The van der Waals surface area contributed by atoms with Gasteiger partial charge in [0.05, 0.1) is 6.42 Å². The van der Waals surface area contributed by atoms with Crippen LogP contribution in [0.3, 0.4) is 0 Å². The summed E-state index contributed by atoms with van der Waals surface area (Å²) >= 11 is 0. The second-order valence-electron chi connectivity index (χ2n) is 6.65. The highest BCUT2D eigenvalue weighted by Gasteiger charge is 2.28. The van der Waals surface area contributed by atoms with E-state index in [9.17, 15) is 14.7 Å². The van der Waals surface area contributed by atoms with Crippen molar-refractivity contribution < 1.29 is 14.7 Å². The number of hydrogen-bond donors (Lipinski definition) is 1. The molecule has 4 heteroatoms. The van der Waals surface area contributed by atoms with Gasteiger partial charge in [-0.05, 0) is 36.1 Å². The van der Waals surface area contributed by atoms with Crippen LogP contribution in [0, 0.1) is 5.92 Å². The van der Waals surface area contributed by atoms with Crippen molar-refractivity contribution in [3.8, 4) is 5.75 Å². The van der Waals surface area contributed by atoms with Gasteiger partial charge in [0.1, 0.15) is 11.5 Å². The van der Waals surface area contributed by atoms with Gasteiger partial charge in [0.25, 0.3) is 0 Å². The SMILES string of the molecule is O=C(Cc1ccccc1)[C@@H]1CCCN(C(=O)Cc2cccc(O)c2)C1. The lowest BCUT2D eigenvalue weighted by atomic mass is 9.90. The zero-order valence-corrected chi connectivity index (χ0v) is 14.2. The molecule has 0 saturated carbocycles. The van der Waals surface area contributed by atoms with Gasteiger partial charge >= 0.3 is 0 Å². The van der Waals surface area contributed by atoms with E-state index in [1.54, 1.807) is 23.1 Å². The van der Waals surface area contributed by atoms with Crippen molar-refractivity contribution in [3.63, 3.8) is 0 Å². The Morgan fingerprint density at radius 2 is 1.76 bits per heavy atom. The molecule has 130 valence electrons. The fourth-order valence-corrected chi connectivity index (χ4v) is 3.36. The van der Waals surface area contributed by atoms with E-state index in [4.69, 9.17) is 0 Å². The molecule has 2 aromatic carbocycles. The van der Waals surface area contributed by atoms with Gasteiger partial charge in [-0.15, -0.1) is 0 Å². The number of carbonyl (C=O) groups is 2. The third-order valence-corrected chi connectivity index (χ3v) is 4.72. The van der Waals surface area contributed by atoms with Crippen LogP contribution in [0.2, 0.25) is 0 Å². The Hall–Kier alpha value is -2.62. The quantitative estimate of drug-likeness (QED) is 0.912. The third-order valence-electron chi connectivity index (χ3n) is 4.72. The van der Waals surface area contributed by atoms with Crippen molar-refractivity contribution in [2.75, 3.05) is 13.1 Å². The molecule has 1 fully saturated rings. The molecule has 1 N–H and O–H groups in total. The Labute approximate surface area is 148 Å². The van der Waals surface area contributed by atoms with Gasteiger partial charge < -0.3 is 10.0 Å². The van der Waals surface area contributed by atoms with Crippen LogP contribution in [0.5, 0.6) is 5.75 Å². The summed E-state index contributed by atoms with van der Waals surface area (Å²) in [6, 6.07) is 16.5. The van der Waals surface area contributed by atoms with Crippen molar-refractivity contribution >= 4 is 11.7 Å². The first-order valence-electron chi connectivity index (χ1n) is 8.74. The standard InChI is InChI=1S/C21H23NO3/c23-19-10-4-8-17(12-19)14-21(25)22-11-5-9-18(15-22)20(24)13-16-6-2-1-3-7-16/h1-4,6-8,10,12,18,23H,5,9,11,13-15H2/t18-/m1/s1. The Morgan fingerprint density at radius 1 is 1.00 bits per heavy atom. The molecule has 4 nitrogen and oxygen atoms in total. The maximum Gasteiger partial charge on any atom is 0.227 e. The average Bonchev–Trinajstić information content (AvgIpc) is 2.62. The van der Waals surface area contributed by atoms with Gasteiger partial charge in [-0.1, -0.05) is 42.5 Å². The Bertz CT molecular complexity index is 742. The first-order valence-corrected chi connectivity index (χ1v) is 8.74. The first kappa shape index (κ1) is 17.2. The van der Waals surface area contributed by atoms with E-state index in [1.807, 2.05) is 36.4 Å². The second-order valence-corrected chi connectivity index (χ2v) is 6.65. The summed E-state index contributed by atoms with van der Waals surface area (Å²) in [6.07, 6.45) is 2.40. The highest BCUT2D eigenvalue weighted by molar-refractivity contribution is 5.85. The molecule has 1 aliphatic heterocycles. The average molecular weight is 337 g/mol. The molecule has 1 heterocycles. The van der Waals surface area contributed by atoms with Crippen LogP contribution >= 0.6 is 0 Å². The number of benzene rings is 2. The summed E-state index contributed by atoms with van der Waals surface area (Å²) < 4.78 is 0. The maximum absolute atomic E-state index is 12.6. The smallest absolute Gasteiger partial charge is 0.227 e. The van der Waals surface area contributed by atoms with E-state index >= 15 is 0 Å². The van der Waals surface area contributed by atoms with Gasteiger partial charge in [0.15, 0.2) is 0 Å². The third kappa shape index (κ3) is 4.69. The van der Waals surface area contributed by atoms with E-state index in [-0.39, 0.29) is 29.8 Å². The molecule has 25 heavy (non-hydrogen) atoms. The predicted molar refractivity (Wildman–Crippen MR) is 96.3 cm³/mol. The van der Waals surface area contributed by atoms with E-state index < -0.39 is 0 Å². The number of likely N-dealkylation sites (tertiary alicyclic amines) is 1. The second kappa shape index (κ2) is 7.97. The Balaban J connectivity index is 1.58. The number of phenols is 1. The summed E-state index contributed by atoms with van der Waals surface area (Å²) in [4.78, 5) is 26.9. The number of carbonyl (C=O) groups excluding carboxylic acids is 2. The van der Waals surface area contributed by atoms with Crippen molar-refractivity contribution in [1.29, 1.82) is 0 Å². The topological polar surface area (TPSA) is 57.6 Å². The summed E-state index contributed by atoms with van der Waals surface area (Å²) in [7, 11) is 0. The number of phenolic OH excluding ortho intramolecular Hbond substituents is 1. The molecule has 0 aromatic heterocycles. The maximum atomic E-state index is 12.6. The molecule has 3 rings (SSSR count). The van der Waals surface area contributed by atoms with Crippen LogP contribution in [0.1, 0.15) is 24.0 Å². The molecule has 1 amide bonds. The van der Waals surface area contributed by atoms with Gasteiger partial charge in [-0.2, -0.15) is 0 Å². The zero-order chi connectivity index (χ0) is 17.6. The lowest BCUT2D eigenvalue weighted by Gasteiger charge is -2.32. The van der Waals surface area contributed by atoms with Crippen LogP contribution in [0.4, 0.5) is 0 Å². The zero-order valence-electron chi connectivity index (χ0n) is 14.2. The number of piperidine rings is 1. The highest BCUT2D eigenvalue weighted by atomic mass is 16.3. The van der Waals surface area contributed by atoms with Crippen LogP contribution in [-0.2, 0) is 22.4 Å². The molecule has 0 spiro atoms. The van der Waals surface area contributed by atoms with Gasteiger partial charge in [0, 0.05) is 25.4 Å². The Morgan fingerprint density at radius 3 is 2.52 bits per heavy atom. The lowest BCUT2D eigenvalue weighted by Crippen LogP contribution is -2.43. The fourth-order valence-electron chi connectivity index (χ4n) is 3.36. The van der Waals surface area contributed by atoms with E-state index in [1.165, 1.54) is 0 Å². The predicted octanol–water partition coefficient (Wildman–Crippen LogP) is 2.99. The lowest BCUT2D eigenvalue weighted by molar-refractivity contribution is -0.134. The van der Waals surface area contributed by atoms with Crippen molar-refractivity contribution in [2.45, 2.75) is 25.7 Å². The van der Waals surface area contributed by atoms with E-state index in [0.29, 0.717) is 19.5 Å². The van der Waals surface area contributed by atoms with Crippen LogP contribution in [-0.4, -0.2) is 34.8 Å². The molecule has 1 saturated heterocycles. The van der Waals surface area contributed by atoms with Gasteiger partial charge in [0.2, 0.25) is 5.91 Å². The van der Waals surface area contributed by atoms with Gasteiger partial charge in [-0.25, -0.2) is 0 Å². The number of aromatic hydroxyl groups is 1. The summed E-state index contributed by atoms with van der Waals surface area (Å²) in [5.74, 6) is 0.311. The molecule has 0 aliphatic carbocycles. The minimum atomic E-state index is -0.0814. The van der Waals surface area contributed by atoms with Crippen molar-refractivity contribution in [3.05, 3.63) is 65.7 Å². The number of rotatable bonds is 5. The number of hydrogen-bond acceptors (Lipinski definition) is 3. The normalized spacial score (nSPS) is 17.3. The molecule has 0 bridgehead atoms. The van der Waals surface area contributed by atoms with Gasteiger partial charge in [-0.3, -0.25) is 9.59 Å². The molecular weight excluding hydrogens is 314 g/mol. The summed E-state index contributed by atoms with van der Waals surface area (Å²) in [5, 5.41) is 9.52. The molecule has 0 radical (unpaired) electrons. The minimum absolute atomic E-state index is 0.0165. The van der Waals surface area contributed by atoms with E-state index in [0.717, 1.165) is 24.0 Å². The van der Waals surface area contributed by atoms with Crippen LogP contribution in [0.15, 0.2) is 54.6 Å². The monoisotopic (exact) mass is 337 g/mol. The molecule has 1 aliphatic rings. The molecular formula is C21H23NO3. The fraction of sp³-hybridized carbons (Fsp3) is 0.333. The molecule has 1 atom stereocenters. The highest BCUT2D eigenvalue weighted by Crippen LogP contribution is 2.21. The minimum Gasteiger partial charge on any atom is -0.508 e.